The van der Waals surface area contributed by atoms with E-state index in [4.69, 9.17) is 9.15 Å². The maximum Gasteiger partial charge on any atom is 0.220 e. The van der Waals surface area contributed by atoms with E-state index in [2.05, 4.69) is 10.6 Å². The van der Waals surface area contributed by atoms with E-state index in [0.29, 0.717) is 32.1 Å². The van der Waals surface area contributed by atoms with Crippen LogP contribution in [0, 0.1) is 0 Å². The second kappa shape index (κ2) is 7.96. The molecule has 0 unspecified atom stereocenters. The van der Waals surface area contributed by atoms with Crippen LogP contribution >= 0.6 is 0 Å². The highest BCUT2D eigenvalue weighted by molar-refractivity contribution is 5.76. The molecule has 0 aromatic carbocycles. The molecule has 1 saturated heterocycles. The van der Waals surface area contributed by atoms with Crippen molar-refractivity contribution in [2.75, 3.05) is 26.2 Å². The van der Waals surface area contributed by atoms with Gasteiger partial charge >= 0.3 is 0 Å². The Hall–Kier alpha value is -1.33. The Balaban J connectivity index is 1.49. The van der Waals surface area contributed by atoms with Crippen LogP contribution in [0.1, 0.15) is 25.0 Å². The molecule has 0 aliphatic carbocycles. The van der Waals surface area contributed by atoms with Crippen molar-refractivity contribution in [1.82, 2.24) is 10.6 Å². The highest BCUT2D eigenvalue weighted by atomic mass is 16.5. The van der Waals surface area contributed by atoms with Crippen molar-refractivity contribution in [2.45, 2.75) is 31.8 Å². The number of amides is 1. The lowest BCUT2D eigenvalue weighted by atomic mass is 10.1. The minimum absolute atomic E-state index is 0.0466. The number of piperidine rings is 1. The van der Waals surface area contributed by atoms with Crippen LogP contribution in [-0.4, -0.2) is 38.3 Å². The van der Waals surface area contributed by atoms with E-state index in [1.807, 2.05) is 12.1 Å². The van der Waals surface area contributed by atoms with E-state index in [1.165, 1.54) is 0 Å². The van der Waals surface area contributed by atoms with E-state index in [9.17, 15) is 4.79 Å². The Labute approximate surface area is 113 Å². The fourth-order valence-electron chi connectivity index (χ4n) is 2.16. The SMILES string of the molecule is O=C(CCc1ccco1)NCCOC1CCNCC1. The van der Waals surface area contributed by atoms with E-state index >= 15 is 0 Å². The van der Waals surface area contributed by atoms with Crippen LogP contribution in [0.2, 0.25) is 0 Å². The first kappa shape index (κ1) is 14.1. The number of ether oxygens (including phenoxy) is 1. The van der Waals surface area contributed by atoms with Gasteiger partial charge in [-0.3, -0.25) is 4.79 Å². The van der Waals surface area contributed by atoms with E-state index in [-0.39, 0.29) is 5.91 Å². The van der Waals surface area contributed by atoms with Gasteiger partial charge in [0.1, 0.15) is 5.76 Å². The normalized spacial score (nSPS) is 16.4. The van der Waals surface area contributed by atoms with Gasteiger partial charge in [-0.05, 0) is 38.1 Å². The van der Waals surface area contributed by atoms with Gasteiger partial charge in [0, 0.05) is 19.4 Å². The molecular weight excluding hydrogens is 244 g/mol. The number of hydrogen-bond donors (Lipinski definition) is 2. The fourth-order valence-corrected chi connectivity index (χ4v) is 2.16. The molecule has 1 aliphatic heterocycles. The minimum Gasteiger partial charge on any atom is -0.469 e. The standard InChI is InChI=1S/C14H22N2O3/c17-14(4-3-12-2-1-10-18-12)16-9-11-19-13-5-7-15-8-6-13/h1-2,10,13,15H,3-9,11H2,(H,16,17). The molecule has 1 aromatic heterocycles. The van der Waals surface area contributed by atoms with Gasteiger partial charge in [-0.25, -0.2) is 0 Å². The smallest absolute Gasteiger partial charge is 0.220 e. The number of carbonyl (C=O) groups is 1. The molecule has 0 saturated carbocycles. The highest BCUT2D eigenvalue weighted by Gasteiger charge is 2.12. The molecular formula is C14H22N2O3. The van der Waals surface area contributed by atoms with Crippen LogP contribution in [0.3, 0.4) is 0 Å². The minimum atomic E-state index is 0.0466. The van der Waals surface area contributed by atoms with Crippen LogP contribution in [0.5, 0.6) is 0 Å². The van der Waals surface area contributed by atoms with Gasteiger partial charge in [-0.1, -0.05) is 0 Å². The van der Waals surface area contributed by atoms with Gasteiger partial charge in [0.25, 0.3) is 0 Å². The summed E-state index contributed by atoms with van der Waals surface area (Å²) in [5.74, 6) is 0.895. The molecule has 106 valence electrons. The van der Waals surface area contributed by atoms with Crippen molar-refractivity contribution >= 4 is 5.91 Å². The van der Waals surface area contributed by atoms with Gasteiger partial charge in [0.05, 0.1) is 19.0 Å². The Morgan fingerprint density at radius 2 is 2.32 bits per heavy atom. The monoisotopic (exact) mass is 266 g/mol. The van der Waals surface area contributed by atoms with Gasteiger partial charge in [0.2, 0.25) is 5.91 Å². The molecule has 2 rings (SSSR count). The molecule has 0 bridgehead atoms. The molecule has 0 atom stereocenters. The van der Waals surface area contributed by atoms with Crippen molar-refractivity contribution < 1.29 is 13.9 Å². The zero-order valence-corrected chi connectivity index (χ0v) is 11.2. The van der Waals surface area contributed by atoms with Gasteiger partial charge < -0.3 is 19.8 Å². The third kappa shape index (κ3) is 5.44. The highest BCUT2D eigenvalue weighted by Crippen LogP contribution is 2.06. The third-order valence-electron chi connectivity index (χ3n) is 3.24. The summed E-state index contributed by atoms with van der Waals surface area (Å²) in [6, 6.07) is 3.72. The predicted octanol–water partition coefficient (Wildman–Crippen LogP) is 1.10. The van der Waals surface area contributed by atoms with Gasteiger partial charge in [0.15, 0.2) is 0 Å². The number of nitrogens with one attached hydrogen (secondary N) is 2. The largest absolute Gasteiger partial charge is 0.469 e. The van der Waals surface area contributed by atoms with E-state index < -0.39 is 0 Å². The molecule has 0 radical (unpaired) electrons. The molecule has 19 heavy (non-hydrogen) atoms. The van der Waals surface area contributed by atoms with Crippen LogP contribution in [0.4, 0.5) is 0 Å². The molecule has 5 nitrogen and oxygen atoms in total. The summed E-state index contributed by atoms with van der Waals surface area (Å²) in [5.41, 5.74) is 0. The maximum atomic E-state index is 11.6. The van der Waals surface area contributed by atoms with Crippen molar-refractivity contribution in [3.05, 3.63) is 24.2 Å². The molecule has 1 aromatic rings. The summed E-state index contributed by atoms with van der Waals surface area (Å²) in [5, 5.41) is 6.16. The van der Waals surface area contributed by atoms with Crippen molar-refractivity contribution in [2.24, 2.45) is 0 Å². The number of aryl methyl sites for hydroxylation is 1. The zero-order chi connectivity index (χ0) is 13.3. The topological polar surface area (TPSA) is 63.5 Å². The quantitative estimate of drug-likeness (QED) is 0.725. The van der Waals surface area contributed by atoms with Crippen molar-refractivity contribution in [1.29, 1.82) is 0 Å². The molecule has 1 fully saturated rings. The summed E-state index contributed by atoms with van der Waals surface area (Å²) in [6.45, 7) is 3.23. The lowest BCUT2D eigenvalue weighted by molar-refractivity contribution is -0.121. The number of rotatable bonds is 7. The van der Waals surface area contributed by atoms with Gasteiger partial charge in [-0.15, -0.1) is 0 Å². The van der Waals surface area contributed by atoms with Gasteiger partial charge in [-0.2, -0.15) is 0 Å². The van der Waals surface area contributed by atoms with Crippen LogP contribution < -0.4 is 10.6 Å². The lowest BCUT2D eigenvalue weighted by Gasteiger charge is -2.22. The second-order valence-electron chi connectivity index (χ2n) is 4.75. The average Bonchev–Trinajstić information content (AvgIpc) is 2.96. The van der Waals surface area contributed by atoms with Crippen molar-refractivity contribution in [3.8, 4) is 0 Å². The van der Waals surface area contributed by atoms with Crippen LogP contribution in [0.15, 0.2) is 22.8 Å². The zero-order valence-electron chi connectivity index (χ0n) is 11.2. The van der Waals surface area contributed by atoms with E-state index in [0.717, 1.165) is 31.7 Å². The second-order valence-corrected chi connectivity index (χ2v) is 4.75. The Kier molecular flexibility index (Phi) is 5.91. The Bertz CT molecular complexity index is 359. The fraction of sp³-hybridized carbons (Fsp3) is 0.643. The predicted molar refractivity (Wildman–Crippen MR) is 71.9 cm³/mol. The molecule has 1 amide bonds. The van der Waals surface area contributed by atoms with E-state index in [1.54, 1.807) is 6.26 Å². The van der Waals surface area contributed by atoms with Crippen LogP contribution in [-0.2, 0) is 16.0 Å². The summed E-state index contributed by atoms with van der Waals surface area (Å²) >= 11 is 0. The number of furan rings is 1. The molecule has 1 aliphatic rings. The van der Waals surface area contributed by atoms with Crippen LogP contribution in [0.25, 0.3) is 0 Å². The molecule has 5 heteroatoms. The average molecular weight is 266 g/mol. The number of carbonyl (C=O) groups excluding carboxylic acids is 1. The molecule has 0 spiro atoms. The van der Waals surface area contributed by atoms with Crippen molar-refractivity contribution in [3.63, 3.8) is 0 Å². The maximum absolute atomic E-state index is 11.6. The third-order valence-corrected chi connectivity index (χ3v) is 3.24. The lowest BCUT2D eigenvalue weighted by Crippen LogP contribution is -2.34. The Morgan fingerprint density at radius 3 is 3.05 bits per heavy atom. The first-order chi connectivity index (χ1) is 9.34. The summed E-state index contributed by atoms with van der Waals surface area (Å²) in [7, 11) is 0. The molecule has 2 heterocycles. The summed E-state index contributed by atoms with van der Waals surface area (Å²) < 4.78 is 10.9. The number of hydrogen-bond acceptors (Lipinski definition) is 4. The summed E-state index contributed by atoms with van der Waals surface area (Å²) in [4.78, 5) is 11.6. The summed E-state index contributed by atoms with van der Waals surface area (Å²) in [6.07, 6.45) is 5.20. The first-order valence-electron chi connectivity index (χ1n) is 6.96. The Morgan fingerprint density at radius 1 is 1.47 bits per heavy atom. The molecule has 2 N–H and O–H groups in total. The first-order valence-corrected chi connectivity index (χ1v) is 6.96.